The van der Waals surface area contributed by atoms with Gasteiger partial charge >= 0.3 is 0 Å². The largest absolute Gasteiger partial charge is 0.396 e. The Hall–Kier alpha value is -0.590. The molecule has 0 saturated carbocycles. The van der Waals surface area contributed by atoms with Gasteiger partial charge in [-0.3, -0.25) is 4.79 Å². The van der Waals surface area contributed by atoms with E-state index in [2.05, 4.69) is 5.10 Å². The van der Waals surface area contributed by atoms with Gasteiger partial charge in [-0.25, -0.2) is 4.68 Å². The molecule has 0 aromatic carbocycles. The first-order valence-corrected chi connectivity index (χ1v) is 4.64. The highest BCUT2D eigenvalue weighted by molar-refractivity contribution is 14.1. The summed E-state index contributed by atoms with van der Waals surface area (Å²) in [7, 11) is 0. The Morgan fingerprint density at radius 1 is 1.67 bits per heavy atom. The molecule has 1 heterocycles. The number of anilines is 1. The van der Waals surface area contributed by atoms with Crippen LogP contribution in [-0.2, 0) is 0 Å². The maximum absolute atomic E-state index is 11.4. The molecule has 2 N–H and O–H groups in total. The van der Waals surface area contributed by atoms with Crippen molar-refractivity contribution in [2.24, 2.45) is 0 Å². The zero-order chi connectivity index (χ0) is 9.30. The predicted molar refractivity (Wildman–Crippen MR) is 56.0 cm³/mol. The van der Waals surface area contributed by atoms with Crippen LogP contribution in [-0.4, -0.2) is 9.78 Å². The standard InChI is InChI=1S/C7H10IN3O/c1-4(2)11-7(12)6(8)5(9)3-10-11/h3-4H,9H2,1-2H3. The average molecular weight is 279 g/mol. The molecule has 4 nitrogen and oxygen atoms in total. The van der Waals surface area contributed by atoms with Crippen LogP contribution in [0.1, 0.15) is 19.9 Å². The Labute approximate surface area is 83.9 Å². The molecule has 0 bridgehead atoms. The van der Waals surface area contributed by atoms with Crippen molar-refractivity contribution in [2.45, 2.75) is 19.9 Å². The number of halogens is 1. The fourth-order valence-corrected chi connectivity index (χ4v) is 1.21. The van der Waals surface area contributed by atoms with Crippen LogP contribution in [0.5, 0.6) is 0 Å². The zero-order valence-electron chi connectivity index (χ0n) is 6.91. The highest BCUT2D eigenvalue weighted by Crippen LogP contribution is 2.08. The van der Waals surface area contributed by atoms with Crippen LogP contribution < -0.4 is 11.3 Å². The Balaban J connectivity index is 3.37. The van der Waals surface area contributed by atoms with E-state index in [4.69, 9.17) is 5.73 Å². The molecule has 0 unspecified atom stereocenters. The van der Waals surface area contributed by atoms with Gasteiger partial charge in [-0.2, -0.15) is 5.10 Å². The number of hydrogen-bond acceptors (Lipinski definition) is 3. The van der Waals surface area contributed by atoms with Crippen LogP contribution in [0.2, 0.25) is 0 Å². The summed E-state index contributed by atoms with van der Waals surface area (Å²) >= 11 is 1.93. The van der Waals surface area contributed by atoms with Gasteiger partial charge in [0.1, 0.15) is 3.57 Å². The van der Waals surface area contributed by atoms with Gasteiger partial charge < -0.3 is 5.73 Å². The summed E-state index contributed by atoms with van der Waals surface area (Å²) in [5.74, 6) is 0. The number of rotatable bonds is 1. The molecule has 66 valence electrons. The van der Waals surface area contributed by atoms with Crippen molar-refractivity contribution < 1.29 is 0 Å². The SMILES string of the molecule is CC(C)n1ncc(N)c(I)c1=O. The normalized spacial score (nSPS) is 10.7. The number of aromatic nitrogens is 2. The average Bonchev–Trinajstić information content (AvgIpc) is 2.00. The summed E-state index contributed by atoms with van der Waals surface area (Å²) < 4.78 is 1.95. The molecular formula is C7H10IN3O. The van der Waals surface area contributed by atoms with E-state index in [1.54, 1.807) is 0 Å². The van der Waals surface area contributed by atoms with Crippen molar-refractivity contribution >= 4 is 28.3 Å². The van der Waals surface area contributed by atoms with Crippen molar-refractivity contribution in [2.75, 3.05) is 5.73 Å². The van der Waals surface area contributed by atoms with E-state index in [1.165, 1.54) is 10.9 Å². The molecule has 1 rings (SSSR count). The van der Waals surface area contributed by atoms with E-state index in [0.717, 1.165) is 0 Å². The summed E-state index contributed by atoms with van der Waals surface area (Å²) in [5, 5.41) is 3.91. The first kappa shape index (κ1) is 9.50. The molecule has 0 aliphatic rings. The van der Waals surface area contributed by atoms with Crippen LogP contribution in [0.25, 0.3) is 0 Å². The summed E-state index contributed by atoms with van der Waals surface area (Å²) in [5.41, 5.74) is 5.83. The van der Waals surface area contributed by atoms with Gasteiger partial charge in [-0.15, -0.1) is 0 Å². The van der Waals surface area contributed by atoms with Gasteiger partial charge in [-0.1, -0.05) is 0 Å². The Morgan fingerprint density at radius 2 is 2.25 bits per heavy atom. The minimum atomic E-state index is -0.120. The third-order valence-electron chi connectivity index (χ3n) is 1.46. The molecule has 0 saturated heterocycles. The Kier molecular flexibility index (Phi) is 2.71. The summed E-state index contributed by atoms with van der Waals surface area (Å²) in [6.45, 7) is 3.81. The van der Waals surface area contributed by atoms with Crippen molar-refractivity contribution in [3.8, 4) is 0 Å². The highest BCUT2D eigenvalue weighted by Gasteiger charge is 2.07. The third kappa shape index (κ3) is 1.60. The lowest BCUT2D eigenvalue weighted by Gasteiger charge is -2.08. The first-order chi connectivity index (χ1) is 5.54. The van der Waals surface area contributed by atoms with Gasteiger partial charge in [0.05, 0.1) is 17.9 Å². The van der Waals surface area contributed by atoms with E-state index >= 15 is 0 Å². The van der Waals surface area contributed by atoms with Crippen molar-refractivity contribution in [1.29, 1.82) is 0 Å². The van der Waals surface area contributed by atoms with Crippen LogP contribution in [0, 0.1) is 3.57 Å². The molecule has 0 amide bonds. The molecule has 1 aromatic heterocycles. The Morgan fingerprint density at radius 3 is 2.75 bits per heavy atom. The molecule has 0 spiro atoms. The number of nitrogens with two attached hydrogens (primary N) is 1. The fraction of sp³-hybridized carbons (Fsp3) is 0.429. The smallest absolute Gasteiger partial charge is 0.282 e. The van der Waals surface area contributed by atoms with Gasteiger partial charge in [0.15, 0.2) is 0 Å². The van der Waals surface area contributed by atoms with Crippen molar-refractivity contribution in [3.05, 3.63) is 20.1 Å². The quantitative estimate of drug-likeness (QED) is 0.780. The van der Waals surface area contributed by atoms with E-state index in [-0.39, 0.29) is 11.6 Å². The molecule has 0 aliphatic heterocycles. The van der Waals surface area contributed by atoms with Gasteiger partial charge in [0.2, 0.25) is 0 Å². The molecule has 12 heavy (non-hydrogen) atoms. The molecule has 1 aromatic rings. The minimum absolute atomic E-state index is 0.0756. The second-order valence-electron chi connectivity index (χ2n) is 2.76. The minimum Gasteiger partial charge on any atom is -0.396 e. The molecular weight excluding hydrogens is 269 g/mol. The lowest BCUT2D eigenvalue weighted by molar-refractivity contribution is 0.501. The molecule has 0 fully saturated rings. The molecule has 0 aliphatic carbocycles. The van der Waals surface area contributed by atoms with Crippen LogP contribution in [0.3, 0.4) is 0 Å². The number of nitrogens with zero attached hydrogens (tertiary/aromatic N) is 2. The summed E-state index contributed by atoms with van der Waals surface area (Å²) in [4.78, 5) is 11.4. The van der Waals surface area contributed by atoms with Crippen molar-refractivity contribution in [3.63, 3.8) is 0 Å². The van der Waals surface area contributed by atoms with Gasteiger partial charge in [0.25, 0.3) is 5.56 Å². The van der Waals surface area contributed by atoms with E-state index in [1.807, 2.05) is 36.4 Å². The van der Waals surface area contributed by atoms with Gasteiger partial charge in [-0.05, 0) is 36.4 Å². The Bertz CT molecular complexity index is 345. The molecule has 0 radical (unpaired) electrons. The van der Waals surface area contributed by atoms with Crippen LogP contribution in [0.4, 0.5) is 5.69 Å². The topological polar surface area (TPSA) is 60.9 Å². The monoisotopic (exact) mass is 279 g/mol. The fourth-order valence-electron chi connectivity index (χ4n) is 0.825. The predicted octanol–water partition coefficient (Wildman–Crippen LogP) is 1.01. The lowest BCUT2D eigenvalue weighted by atomic mass is 10.4. The maximum atomic E-state index is 11.4. The summed E-state index contributed by atoms with van der Waals surface area (Å²) in [6, 6.07) is 0.0756. The lowest BCUT2D eigenvalue weighted by Crippen LogP contribution is -2.27. The maximum Gasteiger partial charge on any atom is 0.282 e. The van der Waals surface area contributed by atoms with E-state index in [0.29, 0.717) is 9.26 Å². The number of hydrogen-bond donors (Lipinski definition) is 1. The van der Waals surface area contributed by atoms with Crippen LogP contribution >= 0.6 is 22.6 Å². The second-order valence-corrected chi connectivity index (χ2v) is 3.84. The van der Waals surface area contributed by atoms with E-state index in [9.17, 15) is 4.79 Å². The molecule has 5 heteroatoms. The van der Waals surface area contributed by atoms with Gasteiger partial charge in [0, 0.05) is 0 Å². The first-order valence-electron chi connectivity index (χ1n) is 3.57. The van der Waals surface area contributed by atoms with Crippen LogP contribution in [0.15, 0.2) is 11.0 Å². The number of nitrogen functional groups attached to an aromatic ring is 1. The van der Waals surface area contributed by atoms with E-state index < -0.39 is 0 Å². The third-order valence-corrected chi connectivity index (χ3v) is 2.54. The highest BCUT2D eigenvalue weighted by atomic mass is 127. The second kappa shape index (κ2) is 3.42. The zero-order valence-corrected chi connectivity index (χ0v) is 9.07. The van der Waals surface area contributed by atoms with Crippen molar-refractivity contribution in [1.82, 2.24) is 9.78 Å². The molecule has 0 atom stereocenters. The summed E-state index contributed by atoms with van der Waals surface area (Å²) in [6.07, 6.45) is 1.50.